The number of hydrogen-bond acceptors (Lipinski definition) is 3. The molecule has 2 heterocycles. The molecule has 6 nitrogen and oxygen atoms in total. The van der Waals surface area contributed by atoms with Gasteiger partial charge in [-0.05, 0) is 42.9 Å². The predicted octanol–water partition coefficient (Wildman–Crippen LogP) is 2.49. The first-order valence-electron chi connectivity index (χ1n) is 9.31. The first-order chi connectivity index (χ1) is 12.4. The first kappa shape index (κ1) is 18.4. The summed E-state index contributed by atoms with van der Waals surface area (Å²) in [5.41, 5.74) is 2.05. The molecule has 6 heteroatoms. The Bertz CT molecular complexity index is 690. The number of anilines is 1. The highest BCUT2D eigenvalue weighted by Crippen LogP contribution is 2.29. The molecular formula is C20H26N2O4. The second-order valence-corrected chi connectivity index (χ2v) is 7.52. The average Bonchev–Trinajstić information content (AvgIpc) is 3.02. The van der Waals surface area contributed by atoms with Crippen LogP contribution in [0.3, 0.4) is 0 Å². The molecule has 26 heavy (non-hydrogen) atoms. The van der Waals surface area contributed by atoms with Crippen LogP contribution in [0.5, 0.6) is 0 Å². The largest absolute Gasteiger partial charge is 0.481 e. The van der Waals surface area contributed by atoms with Gasteiger partial charge in [0.1, 0.15) is 5.92 Å². The van der Waals surface area contributed by atoms with Gasteiger partial charge >= 0.3 is 5.97 Å². The fraction of sp³-hybridized carbons (Fsp3) is 0.550. The van der Waals surface area contributed by atoms with Gasteiger partial charge in [-0.3, -0.25) is 14.4 Å². The van der Waals surface area contributed by atoms with E-state index in [1.54, 1.807) is 9.80 Å². The van der Waals surface area contributed by atoms with Crippen molar-refractivity contribution in [2.75, 3.05) is 24.5 Å². The Hall–Kier alpha value is -2.37. The van der Waals surface area contributed by atoms with E-state index in [4.69, 9.17) is 5.11 Å². The van der Waals surface area contributed by atoms with E-state index in [0.717, 1.165) is 5.69 Å². The Labute approximate surface area is 153 Å². The van der Waals surface area contributed by atoms with E-state index >= 15 is 0 Å². The molecule has 2 aliphatic rings. The number of carboxylic acids is 1. The molecule has 1 atom stereocenters. The summed E-state index contributed by atoms with van der Waals surface area (Å²) in [4.78, 5) is 39.9. The smallest absolute Gasteiger partial charge is 0.306 e. The van der Waals surface area contributed by atoms with Crippen LogP contribution in [-0.4, -0.2) is 47.4 Å². The van der Waals surface area contributed by atoms with E-state index in [2.05, 4.69) is 13.8 Å². The monoisotopic (exact) mass is 358 g/mol. The summed E-state index contributed by atoms with van der Waals surface area (Å²) in [5.74, 6) is -1.69. The van der Waals surface area contributed by atoms with Crippen LogP contribution >= 0.6 is 0 Å². The molecule has 3 rings (SSSR count). The van der Waals surface area contributed by atoms with Crippen molar-refractivity contribution in [3.63, 3.8) is 0 Å². The molecular weight excluding hydrogens is 332 g/mol. The van der Waals surface area contributed by atoms with Crippen molar-refractivity contribution in [1.82, 2.24) is 4.90 Å². The third-order valence-corrected chi connectivity index (χ3v) is 5.53. The second kappa shape index (κ2) is 7.48. The van der Waals surface area contributed by atoms with Gasteiger partial charge in [0, 0.05) is 25.3 Å². The summed E-state index contributed by atoms with van der Waals surface area (Å²) in [6.45, 7) is 5.63. The number of rotatable bonds is 4. The summed E-state index contributed by atoms with van der Waals surface area (Å²) in [5, 5.41) is 9.07. The molecule has 0 aliphatic carbocycles. The Balaban J connectivity index is 1.63. The van der Waals surface area contributed by atoms with E-state index in [1.807, 2.05) is 24.3 Å². The molecule has 0 spiro atoms. The Morgan fingerprint density at radius 3 is 2.19 bits per heavy atom. The molecule has 2 saturated heterocycles. The van der Waals surface area contributed by atoms with Crippen LogP contribution in [0, 0.1) is 11.8 Å². The summed E-state index contributed by atoms with van der Waals surface area (Å²) in [7, 11) is 0. The topological polar surface area (TPSA) is 77.9 Å². The molecule has 140 valence electrons. The summed E-state index contributed by atoms with van der Waals surface area (Å²) in [6, 6.07) is 7.94. The number of carboxylic acid groups (broad SMARTS) is 1. The molecule has 0 aromatic heterocycles. The van der Waals surface area contributed by atoms with E-state index in [9.17, 15) is 14.4 Å². The van der Waals surface area contributed by atoms with Gasteiger partial charge in [0.05, 0.1) is 5.92 Å². The fourth-order valence-electron chi connectivity index (χ4n) is 3.77. The minimum atomic E-state index is -0.801. The molecule has 2 aliphatic heterocycles. The summed E-state index contributed by atoms with van der Waals surface area (Å²) < 4.78 is 0. The van der Waals surface area contributed by atoms with Crippen LogP contribution in [0.15, 0.2) is 24.3 Å². The third kappa shape index (κ3) is 3.59. The zero-order valence-corrected chi connectivity index (χ0v) is 15.4. The molecule has 0 saturated carbocycles. The number of carbonyl (C=O) groups is 3. The van der Waals surface area contributed by atoms with Crippen molar-refractivity contribution in [1.29, 1.82) is 0 Å². The fourth-order valence-corrected chi connectivity index (χ4v) is 3.77. The molecule has 1 aromatic rings. The molecule has 0 radical (unpaired) electrons. The van der Waals surface area contributed by atoms with Crippen molar-refractivity contribution in [2.24, 2.45) is 11.8 Å². The van der Waals surface area contributed by atoms with Gasteiger partial charge in [-0.2, -0.15) is 0 Å². The zero-order chi connectivity index (χ0) is 18.8. The van der Waals surface area contributed by atoms with Crippen LogP contribution in [0.25, 0.3) is 0 Å². The van der Waals surface area contributed by atoms with Crippen molar-refractivity contribution in [3.8, 4) is 0 Å². The predicted molar refractivity (Wildman–Crippen MR) is 97.9 cm³/mol. The molecule has 2 amide bonds. The maximum atomic E-state index is 12.8. The van der Waals surface area contributed by atoms with E-state index in [0.29, 0.717) is 44.8 Å². The number of hydrogen-bond donors (Lipinski definition) is 1. The number of nitrogens with zero attached hydrogens (tertiary/aromatic N) is 2. The second-order valence-electron chi connectivity index (χ2n) is 7.52. The maximum Gasteiger partial charge on any atom is 0.306 e. The maximum absolute atomic E-state index is 12.8. The highest BCUT2D eigenvalue weighted by molar-refractivity contribution is 6.09. The van der Waals surface area contributed by atoms with Crippen LogP contribution in [0.2, 0.25) is 0 Å². The standard InChI is InChI=1S/C20H26N2O4/c1-13(2)14-3-5-16(6-4-14)22-12-9-17(19(22)24)18(23)21-10-7-15(8-11-21)20(25)26/h3-6,13,15,17H,7-12H2,1-2H3,(H,25,26). The summed E-state index contributed by atoms with van der Waals surface area (Å²) in [6.07, 6.45) is 1.44. The number of likely N-dealkylation sites (tertiary alicyclic amines) is 1. The van der Waals surface area contributed by atoms with Crippen molar-refractivity contribution >= 4 is 23.5 Å². The number of aliphatic carboxylic acids is 1. The molecule has 2 fully saturated rings. The normalized spacial score (nSPS) is 21.5. The van der Waals surface area contributed by atoms with Crippen molar-refractivity contribution in [3.05, 3.63) is 29.8 Å². The lowest BCUT2D eigenvalue weighted by molar-refractivity contribution is -0.148. The lowest BCUT2D eigenvalue weighted by Gasteiger charge is -2.31. The lowest BCUT2D eigenvalue weighted by atomic mass is 9.95. The number of piperidine rings is 1. The van der Waals surface area contributed by atoms with Crippen LogP contribution in [0.1, 0.15) is 44.6 Å². The third-order valence-electron chi connectivity index (χ3n) is 5.53. The lowest BCUT2D eigenvalue weighted by Crippen LogP contribution is -2.45. The molecule has 1 unspecified atom stereocenters. The van der Waals surface area contributed by atoms with Crippen molar-refractivity contribution in [2.45, 2.75) is 39.0 Å². The SMILES string of the molecule is CC(C)c1ccc(N2CCC(C(=O)N3CCC(C(=O)O)CC3)C2=O)cc1. The zero-order valence-electron chi connectivity index (χ0n) is 15.4. The first-order valence-corrected chi connectivity index (χ1v) is 9.31. The highest BCUT2D eigenvalue weighted by Gasteiger charge is 2.40. The quantitative estimate of drug-likeness (QED) is 0.839. The van der Waals surface area contributed by atoms with Crippen LogP contribution in [-0.2, 0) is 14.4 Å². The highest BCUT2D eigenvalue weighted by atomic mass is 16.4. The van der Waals surface area contributed by atoms with E-state index in [1.165, 1.54) is 5.56 Å². The summed E-state index contributed by atoms with van der Waals surface area (Å²) >= 11 is 0. The Morgan fingerprint density at radius 2 is 1.65 bits per heavy atom. The van der Waals surface area contributed by atoms with Gasteiger partial charge in [-0.15, -0.1) is 0 Å². The Kier molecular flexibility index (Phi) is 5.30. The molecule has 1 N–H and O–H groups in total. The van der Waals surface area contributed by atoms with Gasteiger partial charge in [0.25, 0.3) is 0 Å². The van der Waals surface area contributed by atoms with Gasteiger partial charge < -0.3 is 14.9 Å². The van der Waals surface area contributed by atoms with Crippen LogP contribution < -0.4 is 4.90 Å². The Morgan fingerprint density at radius 1 is 1.04 bits per heavy atom. The number of amides is 2. The van der Waals surface area contributed by atoms with E-state index < -0.39 is 11.9 Å². The van der Waals surface area contributed by atoms with E-state index in [-0.39, 0.29) is 17.7 Å². The average molecular weight is 358 g/mol. The van der Waals surface area contributed by atoms with Gasteiger partial charge in [-0.25, -0.2) is 0 Å². The van der Waals surface area contributed by atoms with Crippen LogP contribution in [0.4, 0.5) is 5.69 Å². The van der Waals surface area contributed by atoms with Gasteiger partial charge in [0.2, 0.25) is 11.8 Å². The molecule has 0 bridgehead atoms. The van der Waals surface area contributed by atoms with Gasteiger partial charge in [0.15, 0.2) is 0 Å². The minimum absolute atomic E-state index is 0.146. The van der Waals surface area contributed by atoms with Crippen molar-refractivity contribution < 1.29 is 19.5 Å². The minimum Gasteiger partial charge on any atom is -0.481 e. The van der Waals surface area contributed by atoms with Gasteiger partial charge in [-0.1, -0.05) is 26.0 Å². The molecule has 1 aromatic carbocycles. The number of benzene rings is 1. The number of carbonyl (C=O) groups excluding carboxylic acids is 2.